The van der Waals surface area contributed by atoms with E-state index in [-0.39, 0.29) is 0 Å². The number of nitrogens with two attached hydrogens (primary N) is 1. The number of aryl methyl sites for hydroxylation is 3. The standard InChI is InChI=1S/C13H17N5S/c1-8-6-9(2)17-13(11(8)12(14)19)16-7-10-15-4-5-18(10)3/h4-6H,7H2,1-3H3,(H2,14,19)(H,16,17). The molecule has 0 fully saturated rings. The van der Waals surface area contributed by atoms with E-state index >= 15 is 0 Å². The third-order valence-corrected chi connectivity index (χ3v) is 3.13. The van der Waals surface area contributed by atoms with E-state index < -0.39 is 0 Å². The monoisotopic (exact) mass is 275 g/mol. The Morgan fingerprint density at radius 2 is 2.21 bits per heavy atom. The highest BCUT2D eigenvalue weighted by Gasteiger charge is 2.11. The Bertz CT molecular complexity index is 617. The highest BCUT2D eigenvalue weighted by atomic mass is 32.1. The van der Waals surface area contributed by atoms with E-state index in [1.807, 2.05) is 37.7 Å². The summed E-state index contributed by atoms with van der Waals surface area (Å²) in [6, 6.07) is 1.97. The van der Waals surface area contributed by atoms with E-state index in [0.717, 1.165) is 22.6 Å². The van der Waals surface area contributed by atoms with Crippen molar-refractivity contribution in [1.82, 2.24) is 14.5 Å². The van der Waals surface area contributed by atoms with E-state index in [2.05, 4.69) is 15.3 Å². The molecule has 2 rings (SSSR count). The average Bonchev–Trinajstić information content (AvgIpc) is 2.70. The zero-order chi connectivity index (χ0) is 14.0. The lowest BCUT2D eigenvalue weighted by Crippen LogP contribution is -2.17. The first kappa shape index (κ1) is 13.5. The van der Waals surface area contributed by atoms with Gasteiger partial charge in [0, 0.05) is 25.1 Å². The van der Waals surface area contributed by atoms with Gasteiger partial charge in [-0.1, -0.05) is 12.2 Å². The summed E-state index contributed by atoms with van der Waals surface area (Å²) >= 11 is 5.10. The third-order valence-electron chi connectivity index (χ3n) is 2.93. The van der Waals surface area contributed by atoms with Gasteiger partial charge in [0.2, 0.25) is 0 Å². The number of thiocarbonyl (C=S) groups is 1. The maximum Gasteiger partial charge on any atom is 0.137 e. The molecular formula is C13H17N5S. The SMILES string of the molecule is Cc1cc(C)c(C(N)=S)c(NCc2nccn2C)n1. The number of rotatable bonds is 4. The van der Waals surface area contributed by atoms with Gasteiger partial charge in [-0.05, 0) is 25.5 Å². The predicted octanol–water partition coefficient (Wildman–Crippen LogP) is 1.68. The number of anilines is 1. The maximum absolute atomic E-state index is 5.77. The third kappa shape index (κ3) is 2.90. The normalized spacial score (nSPS) is 10.5. The van der Waals surface area contributed by atoms with Gasteiger partial charge in [0.05, 0.1) is 12.1 Å². The minimum absolute atomic E-state index is 0.354. The van der Waals surface area contributed by atoms with Crippen molar-refractivity contribution in [2.75, 3.05) is 5.32 Å². The molecule has 2 aromatic rings. The Morgan fingerprint density at radius 3 is 2.79 bits per heavy atom. The smallest absolute Gasteiger partial charge is 0.137 e. The van der Waals surface area contributed by atoms with Gasteiger partial charge in [0.15, 0.2) is 0 Å². The number of aromatic nitrogens is 3. The number of nitrogens with one attached hydrogen (secondary N) is 1. The van der Waals surface area contributed by atoms with Gasteiger partial charge in [0.1, 0.15) is 16.6 Å². The van der Waals surface area contributed by atoms with Crippen LogP contribution in [0, 0.1) is 13.8 Å². The van der Waals surface area contributed by atoms with E-state index in [1.54, 1.807) is 6.20 Å². The molecule has 2 heterocycles. The molecule has 0 aromatic carbocycles. The quantitative estimate of drug-likeness (QED) is 0.831. The number of hydrogen-bond donors (Lipinski definition) is 2. The molecule has 0 aliphatic heterocycles. The maximum atomic E-state index is 5.77. The van der Waals surface area contributed by atoms with Crippen molar-refractivity contribution in [3.63, 3.8) is 0 Å². The van der Waals surface area contributed by atoms with E-state index in [1.165, 1.54) is 0 Å². The van der Waals surface area contributed by atoms with Gasteiger partial charge in [-0.3, -0.25) is 0 Å². The molecule has 0 atom stereocenters. The van der Waals surface area contributed by atoms with Gasteiger partial charge in [0.25, 0.3) is 0 Å². The van der Waals surface area contributed by atoms with Crippen molar-refractivity contribution < 1.29 is 0 Å². The van der Waals surface area contributed by atoms with Crippen molar-refractivity contribution in [3.8, 4) is 0 Å². The Kier molecular flexibility index (Phi) is 3.80. The molecule has 100 valence electrons. The van der Waals surface area contributed by atoms with E-state index in [9.17, 15) is 0 Å². The number of hydrogen-bond acceptors (Lipinski definition) is 4. The largest absolute Gasteiger partial charge is 0.389 e. The molecule has 5 nitrogen and oxygen atoms in total. The summed E-state index contributed by atoms with van der Waals surface area (Å²) in [5.74, 6) is 1.64. The van der Waals surface area contributed by atoms with Crippen LogP contribution in [0.1, 0.15) is 22.6 Å². The van der Waals surface area contributed by atoms with Crippen molar-refractivity contribution in [1.29, 1.82) is 0 Å². The summed E-state index contributed by atoms with van der Waals surface area (Å²) < 4.78 is 1.95. The molecular weight excluding hydrogens is 258 g/mol. The summed E-state index contributed by atoms with van der Waals surface area (Å²) in [7, 11) is 1.95. The summed E-state index contributed by atoms with van der Waals surface area (Å²) in [5.41, 5.74) is 8.54. The van der Waals surface area contributed by atoms with Crippen LogP contribution >= 0.6 is 12.2 Å². The van der Waals surface area contributed by atoms with Crippen LogP contribution in [0.5, 0.6) is 0 Å². The summed E-state index contributed by atoms with van der Waals surface area (Å²) in [5, 5.41) is 3.26. The molecule has 0 amide bonds. The Labute approximate surface area is 117 Å². The van der Waals surface area contributed by atoms with Crippen molar-refractivity contribution in [3.05, 3.63) is 41.1 Å². The van der Waals surface area contributed by atoms with Crippen molar-refractivity contribution >= 4 is 23.0 Å². The number of pyridine rings is 1. The van der Waals surface area contributed by atoms with Gasteiger partial charge in [-0.15, -0.1) is 0 Å². The molecule has 6 heteroatoms. The molecule has 0 aliphatic carbocycles. The summed E-state index contributed by atoms with van der Waals surface area (Å²) in [6.07, 6.45) is 3.67. The summed E-state index contributed by atoms with van der Waals surface area (Å²) in [6.45, 7) is 4.51. The van der Waals surface area contributed by atoms with E-state index in [0.29, 0.717) is 17.4 Å². The lowest BCUT2D eigenvalue weighted by atomic mass is 10.1. The molecule has 2 aromatic heterocycles. The van der Waals surface area contributed by atoms with Crippen molar-refractivity contribution in [2.24, 2.45) is 12.8 Å². The van der Waals surface area contributed by atoms with Crippen molar-refractivity contribution in [2.45, 2.75) is 20.4 Å². The van der Waals surface area contributed by atoms with Gasteiger partial charge in [-0.2, -0.15) is 0 Å². The van der Waals surface area contributed by atoms with Crippen LogP contribution in [0.25, 0.3) is 0 Å². The van der Waals surface area contributed by atoms with Crippen LogP contribution in [-0.4, -0.2) is 19.5 Å². The Balaban J connectivity index is 2.29. The van der Waals surface area contributed by atoms with Gasteiger partial charge in [-0.25, -0.2) is 9.97 Å². The number of imidazole rings is 1. The molecule has 0 aliphatic rings. The van der Waals surface area contributed by atoms with Crippen LogP contribution in [0.2, 0.25) is 0 Å². The topological polar surface area (TPSA) is 68.8 Å². The first-order chi connectivity index (χ1) is 8.99. The van der Waals surface area contributed by atoms with Crippen LogP contribution in [-0.2, 0) is 13.6 Å². The molecule has 0 spiro atoms. The molecule has 0 radical (unpaired) electrons. The highest BCUT2D eigenvalue weighted by Crippen LogP contribution is 2.19. The first-order valence-electron chi connectivity index (χ1n) is 5.97. The molecule has 0 saturated carbocycles. The molecule has 0 unspecified atom stereocenters. The first-order valence-corrected chi connectivity index (χ1v) is 6.38. The minimum Gasteiger partial charge on any atom is -0.389 e. The highest BCUT2D eigenvalue weighted by molar-refractivity contribution is 7.80. The Hall–Kier alpha value is -1.95. The van der Waals surface area contributed by atoms with Crippen LogP contribution in [0.3, 0.4) is 0 Å². The second-order valence-electron chi connectivity index (χ2n) is 4.48. The van der Waals surface area contributed by atoms with E-state index in [4.69, 9.17) is 18.0 Å². The van der Waals surface area contributed by atoms with Crippen LogP contribution < -0.4 is 11.1 Å². The lowest BCUT2D eigenvalue weighted by Gasteiger charge is -2.13. The number of nitrogens with zero attached hydrogens (tertiary/aromatic N) is 3. The van der Waals surface area contributed by atoms with Crippen LogP contribution in [0.15, 0.2) is 18.5 Å². The molecule has 0 bridgehead atoms. The predicted molar refractivity (Wildman–Crippen MR) is 80.1 cm³/mol. The fourth-order valence-corrected chi connectivity index (χ4v) is 2.26. The summed E-state index contributed by atoms with van der Waals surface area (Å²) in [4.78, 5) is 9.08. The van der Waals surface area contributed by atoms with Gasteiger partial charge < -0.3 is 15.6 Å². The second-order valence-corrected chi connectivity index (χ2v) is 4.92. The lowest BCUT2D eigenvalue weighted by molar-refractivity contribution is 0.810. The molecule has 3 N–H and O–H groups in total. The van der Waals surface area contributed by atoms with Gasteiger partial charge >= 0.3 is 0 Å². The molecule has 19 heavy (non-hydrogen) atoms. The zero-order valence-electron chi connectivity index (χ0n) is 11.3. The second kappa shape index (κ2) is 5.36. The Morgan fingerprint density at radius 1 is 1.47 bits per heavy atom. The molecule has 0 saturated heterocycles. The van der Waals surface area contributed by atoms with Crippen LogP contribution in [0.4, 0.5) is 5.82 Å². The fourth-order valence-electron chi connectivity index (χ4n) is 2.01. The average molecular weight is 275 g/mol. The fraction of sp³-hybridized carbons (Fsp3) is 0.308. The minimum atomic E-state index is 0.354. The zero-order valence-corrected chi connectivity index (χ0v) is 12.1.